The SMILES string of the molecule is [PH2][Au]([Cl])([c]1ccccc1)([c]1ccccc1)[c]1ccccc1. The van der Waals surface area contributed by atoms with Crippen molar-refractivity contribution in [2.75, 3.05) is 0 Å². The van der Waals surface area contributed by atoms with Crippen LogP contribution >= 0.6 is 16.3 Å². The first-order chi connectivity index (χ1) is 10.1. The Morgan fingerprint density at radius 2 is 0.762 bits per heavy atom. The van der Waals surface area contributed by atoms with Crippen molar-refractivity contribution < 1.29 is 14.2 Å². The van der Waals surface area contributed by atoms with E-state index in [9.17, 15) is 0 Å². The predicted octanol–water partition coefficient (Wildman–Crippen LogP) is 3.60. The van der Waals surface area contributed by atoms with Gasteiger partial charge in [-0.2, -0.15) is 0 Å². The second-order valence-electron chi connectivity index (χ2n) is 4.48. The van der Waals surface area contributed by atoms with E-state index >= 15 is 0 Å². The fourth-order valence-electron chi connectivity index (χ4n) is 2.09. The number of hydrogen-bond acceptors (Lipinski definition) is 0. The molecular weight excluding hydrogens is 480 g/mol. The molecule has 0 aliphatic carbocycles. The molecule has 1 unspecified atom stereocenters. The van der Waals surface area contributed by atoms with E-state index in [1.807, 2.05) is 18.2 Å². The molecule has 1 atom stereocenters. The molecular formula is C18H17AuClP. The van der Waals surface area contributed by atoms with Crippen LogP contribution in [-0.4, -0.2) is 0 Å². The van der Waals surface area contributed by atoms with Crippen molar-refractivity contribution in [1.82, 2.24) is 0 Å². The molecule has 0 spiro atoms. The summed E-state index contributed by atoms with van der Waals surface area (Å²) in [6, 6.07) is 31.4. The van der Waals surface area contributed by atoms with Gasteiger partial charge >= 0.3 is 133 Å². The van der Waals surface area contributed by atoms with E-state index in [-0.39, 0.29) is 0 Å². The molecule has 0 saturated heterocycles. The van der Waals surface area contributed by atoms with Gasteiger partial charge in [0.05, 0.1) is 0 Å². The third-order valence-electron chi connectivity index (χ3n) is 3.14. The molecule has 3 aromatic carbocycles. The Bertz CT molecular complexity index is 624. The van der Waals surface area contributed by atoms with Crippen molar-refractivity contribution in [1.29, 1.82) is 0 Å². The van der Waals surface area contributed by atoms with E-state index in [0.29, 0.717) is 0 Å². The van der Waals surface area contributed by atoms with Crippen molar-refractivity contribution in [3.05, 3.63) is 91.0 Å². The summed E-state index contributed by atoms with van der Waals surface area (Å²) in [6.45, 7) is 0. The van der Waals surface area contributed by atoms with E-state index in [0.717, 1.165) is 0 Å². The molecule has 0 N–H and O–H groups in total. The number of halogens is 1. The Kier molecular flexibility index (Phi) is 4.10. The normalized spacial score (nSPS) is 13.3. The standard InChI is InChI=1S/3C6H5.Au.ClH.H2P/c3*1-2-4-6-5-3-1;;;/h3*1-5H;;1H;1H2/q;;;+2;;-1/p-1. The van der Waals surface area contributed by atoms with Crippen molar-refractivity contribution >= 4 is 27.7 Å². The van der Waals surface area contributed by atoms with Gasteiger partial charge in [-0.25, -0.2) is 0 Å². The van der Waals surface area contributed by atoms with Crippen LogP contribution in [-0.2, 0) is 14.2 Å². The molecule has 0 aliphatic rings. The van der Waals surface area contributed by atoms with Crippen LogP contribution in [0, 0.1) is 0 Å². The summed E-state index contributed by atoms with van der Waals surface area (Å²) in [5.74, 6) is 0. The van der Waals surface area contributed by atoms with E-state index in [1.165, 1.54) is 11.3 Å². The van der Waals surface area contributed by atoms with Crippen molar-refractivity contribution in [3.63, 3.8) is 0 Å². The van der Waals surface area contributed by atoms with Crippen LogP contribution in [0.4, 0.5) is 0 Å². The summed E-state index contributed by atoms with van der Waals surface area (Å²) >= 11 is -3.67. The predicted molar refractivity (Wildman–Crippen MR) is 93.8 cm³/mol. The van der Waals surface area contributed by atoms with Gasteiger partial charge in [0.25, 0.3) is 0 Å². The van der Waals surface area contributed by atoms with Crippen LogP contribution in [0.5, 0.6) is 0 Å². The van der Waals surface area contributed by atoms with Crippen LogP contribution in [0.15, 0.2) is 91.0 Å². The van der Waals surface area contributed by atoms with Gasteiger partial charge in [0.2, 0.25) is 0 Å². The molecule has 0 radical (unpaired) electrons. The second kappa shape index (κ2) is 5.72. The first-order valence-corrected chi connectivity index (χ1v) is 16.5. The monoisotopic (exact) mass is 496 g/mol. The Morgan fingerprint density at radius 3 is 1.00 bits per heavy atom. The van der Waals surface area contributed by atoms with E-state index < -0.39 is 14.2 Å². The molecule has 0 fully saturated rings. The van der Waals surface area contributed by atoms with Gasteiger partial charge in [0, 0.05) is 0 Å². The van der Waals surface area contributed by atoms with E-state index in [4.69, 9.17) is 9.19 Å². The van der Waals surface area contributed by atoms with Gasteiger partial charge in [0.1, 0.15) is 0 Å². The fourth-order valence-corrected chi connectivity index (χ4v) is 14.5. The number of benzene rings is 3. The average molecular weight is 497 g/mol. The second-order valence-corrected chi connectivity index (χ2v) is 24.8. The average Bonchev–Trinajstić information content (AvgIpc) is 2.57. The van der Waals surface area contributed by atoms with Crippen LogP contribution in [0.2, 0.25) is 0 Å². The maximum absolute atomic E-state index is 7.51. The van der Waals surface area contributed by atoms with Crippen LogP contribution < -0.4 is 11.3 Å². The molecule has 0 saturated carbocycles. The third-order valence-corrected chi connectivity index (χ3v) is 20.8. The molecule has 3 rings (SSSR count). The van der Waals surface area contributed by atoms with Gasteiger partial charge < -0.3 is 0 Å². The Balaban J connectivity index is 2.36. The minimum absolute atomic E-state index is 1.21. The molecule has 21 heavy (non-hydrogen) atoms. The molecule has 0 aliphatic heterocycles. The summed E-state index contributed by atoms with van der Waals surface area (Å²) in [5, 5.41) is 0. The van der Waals surface area contributed by atoms with Crippen LogP contribution in [0.3, 0.4) is 0 Å². The maximum atomic E-state index is 7.51. The van der Waals surface area contributed by atoms with E-state index in [1.54, 1.807) is 0 Å². The number of rotatable bonds is 3. The topological polar surface area (TPSA) is 0 Å². The summed E-state index contributed by atoms with van der Waals surface area (Å²) in [7, 11) is 10.6. The van der Waals surface area contributed by atoms with Gasteiger partial charge in [0.15, 0.2) is 0 Å². The molecule has 3 aromatic rings. The van der Waals surface area contributed by atoms with Gasteiger partial charge in [-0.1, -0.05) is 0 Å². The Labute approximate surface area is 132 Å². The molecule has 3 heteroatoms. The Morgan fingerprint density at radius 1 is 0.524 bits per heavy atom. The third kappa shape index (κ3) is 2.52. The molecule has 0 bridgehead atoms. The molecule has 0 nitrogen and oxygen atoms in total. The molecule has 0 heterocycles. The fraction of sp³-hybridized carbons (Fsp3) is 0. The zero-order valence-electron chi connectivity index (χ0n) is 11.4. The zero-order chi connectivity index (χ0) is 14.8. The van der Waals surface area contributed by atoms with Crippen LogP contribution in [0.25, 0.3) is 0 Å². The quantitative estimate of drug-likeness (QED) is 0.384. The van der Waals surface area contributed by atoms with Crippen LogP contribution in [0.1, 0.15) is 0 Å². The number of hydrogen-bond donors (Lipinski definition) is 0. The van der Waals surface area contributed by atoms with E-state index in [2.05, 4.69) is 79.9 Å². The minimum atomic E-state index is -3.67. The van der Waals surface area contributed by atoms with Crippen molar-refractivity contribution in [2.45, 2.75) is 0 Å². The summed E-state index contributed by atoms with van der Waals surface area (Å²) in [4.78, 5) is 0. The summed E-state index contributed by atoms with van der Waals surface area (Å²) in [6.07, 6.45) is 0. The van der Waals surface area contributed by atoms with Crippen molar-refractivity contribution in [2.24, 2.45) is 0 Å². The summed E-state index contributed by atoms with van der Waals surface area (Å²) in [5.41, 5.74) is 0. The van der Waals surface area contributed by atoms with Gasteiger partial charge in [-0.15, -0.1) is 0 Å². The van der Waals surface area contributed by atoms with Gasteiger partial charge in [-0.05, 0) is 0 Å². The molecule has 0 aromatic heterocycles. The zero-order valence-corrected chi connectivity index (χ0v) is 15.5. The van der Waals surface area contributed by atoms with Gasteiger partial charge in [-0.3, -0.25) is 0 Å². The molecule has 0 amide bonds. The molecule has 112 valence electrons. The van der Waals surface area contributed by atoms with Crippen molar-refractivity contribution in [3.8, 4) is 0 Å². The summed E-state index contributed by atoms with van der Waals surface area (Å²) < 4.78 is 3.63. The first-order valence-electron chi connectivity index (χ1n) is 6.47. The first kappa shape index (κ1) is 15.0. The Hall–Kier alpha value is -0.880.